The number of aromatic nitrogens is 2. The molecule has 0 aliphatic rings. The molecule has 1 N–H and O–H groups in total. The van der Waals surface area contributed by atoms with E-state index in [4.69, 9.17) is 11.6 Å². The highest BCUT2D eigenvalue weighted by Crippen LogP contribution is 2.37. The van der Waals surface area contributed by atoms with Crippen LogP contribution < -0.4 is 0 Å². The first kappa shape index (κ1) is 17.2. The van der Waals surface area contributed by atoms with Gasteiger partial charge in [0.2, 0.25) is 5.78 Å². The van der Waals surface area contributed by atoms with Gasteiger partial charge in [-0.05, 0) is 56.7 Å². The van der Waals surface area contributed by atoms with E-state index >= 15 is 0 Å². The molecule has 0 unspecified atom stereocenters. The molecule has 6 nitrogen and oxygen atoms in total. The Hall–Kier alpha value is -1.59. The summed E-state index contributed by atoms with van der Waals surface area (Å²) in [6.45, 7) is 0. The fourth-order valence-corrected chi connectivity index (χ4v) is 3.65. The highest BCUT2D eigenvalue weighted by Gasteiger charge is 2.29. The van der Waals surface area contributed by atoms with Gasteiger partial charge in [-0.15, -0.1) is 0 Å². The third kappa shape index (κ3) is 2.80. The van der Waals surface area contributed by atoms with Gasteiger partial charge in [0, 0.05) is 17.0 Å². The van der Waals surface area contributed by atoms with Crippen LogP contribution in [0.1, 0.15) is 15.9 Å². The van der Waals surface area contributed by atoms with Crippen molar-refractivity contribution in [2.45, 2.75) is 0 Å². The Kier molecular flexibility index (Phi) is 4.58. The van der Waals surface area contributed by atoms with Gasteiger partial charge in [-0.1, -0.05) is 11.6 Å². The van der Waals surface area contributed by atoms with Crippen molar-refractivity contribution in [3.63, 3.8) is 0 Å². The maximum atomic E-state index is 13.5. The maximum Gasteiger partial charge on any atom is 0.282 e. The minimum absolute atomic E-state index is 0.000645. The largest absolute Gasteiger partial charge is 0.288 e. The summed E-state index contributed by atoms with van der Waals surface area (Å²) in [5, 5.41) is 18.7. The number of nitrogens with zero attached hydrogens (tertiary/aromatic N) is 2. The number of nitro groups is 1. The van der Waals surface area contributed by atoms with Crippen LogP contribution in [0.3, 0.4) is 0 Å². The first-order valence-electron chi connectivity index (χ1n) is 6.31. The quantitative estimate of drug-likeness (QED) is 0.229. The van der Waals surface area contributed by atoms with Crippen molar-refractivity contribution in [1.82, 2.24) is 10.2 Å². The number of H-pyrrole nitrogens is 1. The molecule has 0 fully saturated rings. The van der Waals surface area contributed by atoms with Crippen LogP contribution in [0.2, 0.25) is 5.02 Å². The van der Waals surface area contributed by atoms with E-state index in [9.17, 15) is 19.3 Å². The lowest BCUT2D eigenvalue weighted by molar-refractivity contribution is -0.385. The van der Waals surface area contributed by atoms with E-state index in [0.29, 0.717) is 14.6 Å². The number of ketones is 1. The molecule has 0 bridgehead atoms. The molecule has 0 saturated carbocycles. The highest BCUT2D eigenvalue weighted by molar-refractivity contribution is 14.1. The van der Waals surface area contributed by atoms with E-state index in [0.717, 1.165) is 12.1 Å². The number of rotatable bonds is 3. The molecule has 0 spiro atoms. The first-order chi connectivity index (χ1) is 11.3. The lowest BCUT2D eigenvalue weighted by Gasteiger charge is -2.08. The molecule has 0 saturated heterocycles. The Bertz CT molecular complexity index is 1020. The van der Waals surface area contributed by atoms with Crippen LogP contribution >= 0.6 is 50.1 Å². The Morgan fingerprint density at radius 1 is 1.42 bits per heavy atom. The smallest absolute Gasteiger partial charge is 0.282 e. The van der Waals surface area contributed by atoms with E-state index in [2.05, 4.69) is 26.1 Å². The molecule has 0 aliphatic heterocycles. The first-order valence-corrected chi connectivity index (χ1v) is 8.56. The van der Waals surface area contributed by atoms with Crippen LogP contribution in [0.4, 0.5) is 10.1 Å². The predicted molar refractivity (Wildman–Crippen MR) is 98.0 cm³/mol. The second-order valence-electron chi connectivity index (χ2n) is 4.73. The fourth-order valence-electron chi connectivity index (χ4n) is 2.23. The van der Waals surface area contributed by atoms with E-state index in [1.807, 2.05) is 22.6 Å². The molecule has 122 valence electrons. The Balaban J connectivity index is 2.34. The summed E-state index contributed by atoms with van der Waals surface area (Å²) >= 11 is 11.1. The van der Waals surface area contributed by atoms with Crippen LogP contribution in [-0.4, -0.2) is 20.9 Å². The molecule has 10 heteroatoms. The summed E-state index contributed by atoms with van der Waals surface area (Å²) in [6.07, 6.45) is 0. The molecular formula is C14H5BrClFIN3O3. The maximum absolute atomic E-state index is 13.5. The molecule has 0 aliphatic carbocycles. The van der Waals surface area contributed by atoms with Crippen LogP contribution in [0, 0.1) is 19.6 Å². The topological polar surface area (TPSA) is 88.9 Å². The Morgan fingerprint density at radius 2 is 2.12 bits per heavy atom. The van der Waals surface area contributed by atoms with Gasteiger partial charge in [0.1, 0.15) is 20.6 Å². The third-order valence-electron chi connectivity index (χ3n) is 3.32. The van der Waals surface area contributed by atoms with Crippen molar-refractivity contribution >= 4 is 72.5 Å². The summed E-state index contributed by atoms with van der Waals surface area (Å²) in [5.41, 5.74) is -0.451. The summed E-state index contributed by atoms with van der Waals surface area (Å²) < 4.78 is 14.2. The molecule has 3 rings (SSSR count). The molecule has 2 aromatic carbocycles. The Labute approximate surface area is 160 Å². The minimum atomic E-state index is -0.766. The number of nitro benzene ring substituents is 1. The number of carbonyl (C=O) groups is 1. The predicted octanol–water partition coefficient (Wildman–Crippen LogP) is 4.86. The van der Waals surface area contributed by atoms with Gasteiger partial charge in [-0.25, -0.2) is 4.39 Å². The summed E-state index contributed by atoms with van der Waals surface area (Å²) in [6, 6.07) is 4.52. The molecule has 0 atom stereocenters. The van der Waals surface area contributed by atoms with E-state index in [1.165, 1.54) is 12.1 Å². The van der Waals surface area contributed by atoms with Crippen molar-refractivity contribution < 1.29 is 14.1 Å². The molecule has 24 heavy (non-hydrogen) atoms. The average molecular weight is 524 g/mol. The normalized spacial score (nSPS) is 11.0. The number of nitrogens with one attached hydrogen (secondary N) is 1. The molecule has 1 heterocycles. The van der Waals surface area contributed by atoms with Crippen molar-refractivity contribution in [3.8, 4) is 0 Å². The summed E-state index contributed by atoms with van der Waals surface area (Å²) in [4.78, 5) is 23.5. The van der Waals surface area contributed by atoms with Crippen molar-refractivity contribution in [2.24, 2.45) is 0 Å². The number of carbonyl (C=O) groups excluding carboxylic acids is 1. The molecule has 1 aromatic heterocycles. The fraction of sp³-hybridized carbons (Fsp3) is 0. The van der Waals surface area contributed by atoms with Gasteiger partial charge in [-0.2, -0.15) is 5.10 Å². The zero-order chi connectivity index (χ0) is 17.6. The average Bonchev–Trinajstić information content (AvgIpc) is 2.90. The highest BCUT2D eigenvalue weighted by atomic mass is 127. The number of hydrogen-bond acceptors (Lipinski definition) is 4. The number of aromatic amines is 1. The van der Waals surface area contributed by atoms with E-state index in [-0.39, 0.29) is 20.6 Å². The van der Waals surface area contributed by atoms with Gasteiger partial charge in [-0.3, -0.25) is 20.0 Å². The number of hydrogen-bond donors (Lipinski definition) is 1. The van der Waals surface area contributed by atoms with E-state index < -0.39 is 22.2 Å². The Morgan fingerprint density at radius 3 is 2.79 bits per heavy atom. The van der Waals surface area contributed by atoms with Crippen LogP contribution in [0.25, 0.3) is 10.9 Å². The lowest BCUT2D eigenvalue weighted by atomic mass is 10.00. The van der Waals surface area contributed by atoms with E-state index in [1.54, 1.807) is 0 Å². The monoisotopic (exact) mass is 523 g/mol. The molecule has 0 amide bonds. The second kappa shape index (κ2) is 6.37. The van der Waals surface area contributed by atoms with Gasteiger partial charge in [0.15, 0.2) is 0 Å². The second-order valence-corrected chi connectivity index (χ2v) is 7.01. The molecule has 3 aromatic rings. The van der Waals surface area contributed by atoms with Crippen molar-refractivity contribution in [1.29, 1.82) is 0 Å². The van der Waals surface area contributed by atoms with Crippen molar-refractivity contribution in [2.75, 3.05) is 0 Å². The standard InChI is InChI=1S/C14H5BrClFIN3O3/c15-11-10(13(22)6-3-5(17)1-2-8(6)16)9(21(23)24)4-7-12(11)19-20-14(7)18/h1-4H,(H,19,20). The van der Waals surface area contributed by atoms with Gasteiger partial charge in [0.05, 0.1) is 14.4 Å². The SMILES string of the molecule is O=C(c1cc(F)ccc1Cl)c1c([N+](=O)[O-])cc2c(I)[nH]nc2c1Br. The number of fused-ring (bicyclic) bond motifs is 1. The van der Waals surface area contributed by atoms with Gasteiger partial charge in [0.25, 0.3) is 5.69 Å². The summed E-state index contributed by atoms with van der Waals surface area (Å²) in [7, 11) is 0. The minimum Gasteiger partial charge on any atom is -0.288 e. The third-order valence-corrected chi connectivity index (χ3v) is 5.24. The lowest BCUT2D eigenvalue weighted by Crippen LogP contribution is -2.08. The number of benzene rings is 2. The summed E-state index contributed by atoms with van der Waals surface area (Å²) in [5.74, 6) is -1.44. The van der Waals surface area contributed by atoms with Gasteiger partial charge < -0.3 is 0 Å². The van der Waals surface area contributed by atoms with Crippen molar-refractivity contribution in [3.05, 3.63) is 64.5 Å². The van der Waals surface area contributed by atoms with Crippen LogP contribution in [-0.2, 0) is 0 Å². The molecular weight excluding hydrogens is 519 g/mol. The molecule has 0 radical (unpaired) electrons. The van der Waals surface area contributed by atoms with Crippen LogP contribution in [0.15, 0.2) is 28.7 Å². The van der Waals surface area contributed by atoms with Gasteiger partial charge >= 0.3 is 0 Å². The zero-order valence-electron chi connectivity index (χ0n) is 11.4. The zero-order valence-corrected chi connectivity index (χ0v) is 15.9. The van der Waals surface area contributed by atoms with Crippen LogP contribution in [0.5, 0.6) is 0 Å². The number of halogens is 4.